The zero-order valence-electron chi connectivity index (χ0n) is 26.1. The van der Waals surface area contributed by atoms with Crippen LogP contribution in [0.5, 0.6) is 0 Å². The van der Waals surface area contributed by atoms with Crippen molar-refractivity contribution in [2.24, 2.45) is 0 Å². The van der Waals surface area contributed by atoms with E-state index < -0.39 is 37.0 Å². The molecular formula is C38H44O7. The molecule has 0 spiro atoms. The van der Waals surface area contributed by atoms with Crippen molar-refractivity contribution in [2.45, 2.75) is 77.3 Å². The Morgan fingerprint density at radius 1 is 0.556 bits per heavy atom. The van der Waals surface area contributed by atoms with Gasteiger partial charge in [0, 0.05) is 6.61 Å². The molecule has 6 atom stereocenters. The van der Waals surface area contributed by atoms with Gasteiger partial charge in [-0.2, -0.15) is 0 Å². The summed E-state index contributed by atoms with van der Waals surface area (Å²) in [5, 5.41) is 0. The summed E-state index contributed by atoms with van der Waals surface area (Å²) in [5.41, 5.74) is 4.21. The molecule has 4 aromatic rings. The summed E-state index contributed by atoms with van der Waals surface area (Å²) in [5.74, 6) is 0. The van der Waals surface area contributed by atoms with E-state index in [-0.39, 0.29) is 6.61 Å². The first-order valence-corrected chi connectivity index (χ1v) is 15.7. The first-order valence-electron chi connectivity index (χ1n) is 15.7. The molecule has 4 aromatic carbocycles. The van der Waals surface area contributed by atoms with Crippen molar-refractivity contribution >= 4 is 0 Å². The van der Waals surface area contributed by atoms with Gasteiger partial charge < -0.3 is 33.2 Å². The Morgan fingerprint density at radius 3 is 1.44 bits per heavy atom. The molecule has 0 aliphatic carbocycles. The van der Waals surface area contributed by atoms with E-state index in [0.29, 0.717) is 33.0 Å². The molecule has 1 fully saturated rings. The maximum atomic E-state index is 6.73. The van der Waals surface area contributed by atoms with Crippen LogP contribution in [-0.4, -0.2) is 50.2 Å². The molecule has 1 aliphatic rings. The minimum Gasteiger partial charge on any atom is -0.374 e. The number of hydrogen-bond acceptors (Lipinski definition) is 7. The average Bonchev–Trinajstić information content (AvgIpc) is 3.08. The molecule has 0 aromatic heterocycles. The van der Waals surface area contributed by atoms with Crippen molar-refractivity contribution in [2.75, 3.05) is 13.2 Å². The number of hydrogen-bond donors (Lipinski definition) is 0. The average molecular weight is 613 g/mol. The minimum absolute atomic E-state index is 0.272. The molecule has 0 saturated carbocycles. The second-order valence-corrected chi connectivity index (χ2v) is 11.0. The molecule has 238 valence electrons. The molecule has 1 heterocycles. The first-order chi connectivity index (χ1) is 22.2. The maximum absolute atomic E-state index is 6.73. The predicted octanol–water partition coefficient (Wildman–Crippen LogP) is 7.08. The maximum Gasteiger partial charge on any atom is 0.189 e. The van der Waals surface area contributed by atoms with Crippen LogP contribution in [0.25, 0.3) is 0 Å². The Balaban J connectivity index is 1.43. The lowest BCUT2D eigenvalue weighted by atomic mass is 9.97. The Hall–Kier alpha value is -3.40. The molecule has 0 bridgehead atoms. The number of rotatable bonds is 17. The van der Waals surface area contributed by atoms with E-state index >= 15 is 0 Å². The summed E-state index contributed by atoms with van der Waals surface area (Å²) in [4.78, 5) is 0. The van der Waals surface area contributed by atoms with E-state index in [2.05, 4.69) is 0 Å². The highest BCUT2D eigenvalue weighted by Crippen LogP contribution is 2.32. The summed E-state index contributed by atoms with van der Waals surface area (Å²) >= 11 is 0. The van der Waals surface area contributed by atoms with Crippen LogP contribution >= 0.6 is 0 Å². The first kappa shape index (κ1) is 33.0. The van der Waals surface area contributed by atoms with Gasteiger partial charge in [-0.05, 0) is 36.1 Å². The van der Waals surface area contributed by atoms with Crippen LogP contribution in [0, 0.1) is 0 Å². The molecule has 7 heteroatoms. The summed E-state index contributed by atoms with van der Waals surface area (Å²) in [6, 6.07) is 40.3. The zero-order chi connectivity index (χ0) is 31.1. The fourth-order valence-corrected chi connectivity index (χ4v) is 5.32. The summed E-state index contributed by atoms with van der Waals surface area (Å²) in [7, 11) is 0. The SMILES string of the molecule is CCO[C@@H](C)O[C@H]1O[C@H](COCc2ccccc2)[C@@H](OCc2ccccc2)[C@H](OCc2ccccc2)[C@H]1OCc1ccccc1. The lowest BCUT2D eigenvalue weighted by molar-refractivity contribution is -0.353. The molecule has 0 amide bonds. The van der Waals surface area contributed by atoms with E-state index in [9.17, 15) is 0 Å². The minimum atomic E-state index is -0.794. The summed E-state index contributed by atoms with van der Waals surface area (Å²) in [6.07, 6.45) is -3.51. The van der Waals surface area contributed by atoms with Crippen molar-refractivity contribution in [3.05, 3.63) is 144 Å². The highest BCUT2D eigenvalue weighted by Gasteiger charge is 2.49. The van der Waals surface area contributed by atoms with Crippen LogP contribution in [0.2, 0.25) is 0 Å². The Labute approximate surface area is 267 Å². The monoisotopic (exact) mass is 612 g/mol. The van der Waals surface area contributed by atoms with E-state index in [0.717, 1.165) is 22.3 Å². The van der Waals surface area contributed by atoms with Gasteiger partial charge in [-0.15, -0.1) is 0 Å². The van der Waals surface area contributed by atoms with Crippen LogP contribution in [0.15, 0.2) is 121 Å². The smallest absolute Gasteiger partial charge is 0.189 e. The fraction of sp³-hybridized carbons (Fsp3) is 0.368. The van der Waals surface area contributed by atoms with Crippen molar-refractivity contribution in [1.82, 2.24) is 0 Å². The standard InChI is InChI=1S/C38H44O7/c1-3-40-29(2)44-38-37(43-27-33-22-14-7-15-23-33)36(42-26-32-20-12-6-13-21-32)35(41-25-31-18-10-5-11-19-31)34(45-38)28-39-24-30-16-8-4-9-17-30/h4-23,29,34-38H,3,24-28H2,1-2H3/t29-,34-,35-,36+,37-,38+/m1/s1. The normalized spacial score (nSPS) is 22.2. The van der Waals surface area contributed by atoms with Crippen LogP contribution in [-0.2, 0) is 59.6 Å². The molecule has 1 saturated heterocycles. The highest BCUT2D eigenvalue weighted by molar-refractivity contribution is 5.16. The van der Waals surface area contributed by atoms with Crippen molar-refractivity contribution in [1.29, 1.82) is 0 Å². The van der Waals surface area contributed by atoms with Gasteiger partial charge in [-0.3, -0.25) is 0 Å². The van der Waals surface area contributed by atoms with Crippen molar-refractivity contribution < 1.29 is 33.2 Å². The molecule has 45 heavy (non-hydrogen) atoms. The van der Waals surface area contributed by atoms with Crippen molar-refractivity contribution in [3.8, 4) is 0 Å². The largest absolute Gasteiger partial charge is 0.374 e. The van der Waals surface area contributed by atoms with E-state index in [1.165, 1.54) is 0 Å². The van der Waals surface area contributed by atoms with E-state index in [1.807, 2.05) is 135 Å². The van der Waals surface area contributed by atoms with Crippen LogP contribution in [0.4, 0.5) is 0 Å². The topological polar surface area (TPSA) is 64.6 Å². The van der Waals surface area contributed by atoms with Gasteiger partial charge in [0.15, 0.2) is 12.6 Å². The van der Waals surface area contributed by atoms with Gasteiger partial charge in [-0.25, -0.2) is 0 Å². The lowest BCUT2D eigenvalue weighted by Gasteiger charge is -2.46. The molecular weight excluding hydrogens is 568 g/mol. The number of benzene rings is 4. The third-order valence-corrected chi connectivity index (χ3v) is 7.57. The third-order valence-electron chi connectivity index (χ3n) is 7.57. The summed E-state index contributed by atoms with van der Waals surface area (Å²) in [6.45, 7) is 6.11. The molecule has 1 aliphatic heterocycles. The molecule has 0 unspecified atom stereocenters. The van der Waals surface area contributed by atoms with Gasteiger partial charge in [0.05, 0.1) is 33.0 Å². The predicted molar refractivity (Wildman–Crippen MR) is 172 cm³/mol. The van der Waals surface area contributed by atoms with Gasteiger partial charge in [0.25, 0.3) is 0 Å². The van der Waals surface area contributed by atoms with E-state index in [1.54, 1.807) is 0 Å². The molecule has 0 N–H and O–H groups in total. The second-order valence-electron chi connectivity index (χ2n) is 11.0. The van der Waals surface area contributed by atoms with E-state index in [4.69, 9.17) is 33.2 Å². The van der Waals surface area contributed by atoms with Crippen molar-refractivity contribution in [3.63, 3.8) is 0 Å². The zero-order valence-corrected chi connectivity index (χ0v) is 26.1. The van der Waals surface area contributed by atoms with Crippen LogP contribution < -0.4 is 0 Å². The van der Waals surface area contributed by atoms with Gasteiger partial charge in [-0.1, -0.05) is 121 Å². The number of ether oxygens (including phenoxy) is 7. The van der Waals surface area contributed by atoms with Gasteiger partial charge >= 0.3 is 0 Å². The Kier molecular flexibility index (Phi) is 13.1. The molecule has 0 radical (unpaired) electrons. The summed E-state index contributed by atoms with van der Waals surface area (Å²) < 4.78 is 45.0. The van der Waals surface area contributed by atoms with Gasteiger partial charge in [0.1, 0.15) is 24.4 Å². The second kappa shape index (κ2) is 17.9. The van der Waals surface area contributed by atoms with Crippen LogP contribution in [0.3, 0.4) is 0 Å². The lowest BCUT2D eigenvalue weighted by Crippen LogP contribution is -2.62. The Morgan fingerprint density at radius 2 is 0.978 bits per heavy atom. The molecule has 5 rings (SSSR count). The Bertz CT molecular complexity index is 1340. The van der Waals surface area contributed by atoms with Crippen LogP contribution in [0.1, 0.15) is 36.1 Å². The molecule has 7 nitrogen and oxygen atoms in total. The van der Waals surface area contributed by atoms with Gasteiger partial charge in [0.2, 0.25) is 0 Å². The quantitative estimate of drug-likeness (QED) is 0.118. The highest BCUT2D eigenvalue weighted by atomic mass is 16.8. The fourth-order valence-electron chi connectivity index (χ4n) is 5.32. The third kappa shape index (κ3) is 10.3.